The summed E-state index contributed by atoms with van der Waals surface area (Å²) in [5.74, 6) is -1.25. The number of carbonyl (C=O) groups is 2. The second-order valence-electron chi connectivity index (χ2n) is 4.54. The summed E-state index contributed by atoms with van der Waals surface area (Å²) >= 11 is 5.79. The van der Waals surface area contributed by atoms with Crippen LogP contribution in [0, 0.1) is 5.82 Å². The number of hydrogen-bond donors (Lipinski definition) is 2. The number of nitrogens with one attached hydrogen (secondary N) is 2. The summed E-state index contributed by atoms with van der Waals surface area (Å²) in [6.45, 7) is -0.230. The van der Waals surface area contributed by atoms with E-state index in [1.54, 1.807) is 18.2 Å². The van der Waals surface area contributed by atoms with Crippen LogP contribution in [0.15, 0.2) is 53.6 Å². The zero-order valence-corrected chi connectivity index (χ0v) is 12.7. The van der Waals surface area contributed by atoms with E-state index in [2.05, 4.69) is 15.8 Å². The van der Waals surface area contributed by atoms with E-state index in [0.717, 1.165) is 0 Å². The summed E-state index contributed by atoms with van der Waals surface area (Å²) in [7, 11) is 0. The molecule has 0 saturated carbocycles. The largest absolute Gasteiger partial charge is 0.343 e. The molecule has 7 heteroatoms. The van der Waals surface area contributed by atoms with Crippen LogP contribution < -0.4 is 10.7 Å². The highest BCUT2D eigenvalue weighted by atomic mass is 35.5. The second kappa shape index (κ2) is 8.05. The molecule has 118 valence electrons. The Hall–Kier alpha value is -2.73. The van der Waals surface area contributed by atoms with Crippen molar-refractivity contribution in [3.05, 3.63) is 70.5 Å². The Morgan fingerprint density at radius 1 is 1.17 bits per heavy atom. The fourth-order valence-corrected chi connectivity index (χ4v) is 1.85. The third kappa shape index (κ3) is 5.52. The molecule has 0 aromatic heterocycles. The SMILES string of the molecule is O=C(CNC(=O)c1cccc(Cl)c1)N/N=C/c1ccc(F)cc1. The minimum absolute atomic E-state index is 0.230. The Kier molecular flexibility index (Phi) is 5.82. The van der Waals surface area contributed by atoms with Crippen molar-refractivity contribution >= 4 is 29.6 Å². The summed E-state index contributed by atoms with van der Waals surface area (Å²) in [6.07, 6.45) is 1.37. The molecule has 0 bridgehead atoms. The number of carbonyl (C=O) groups excluding carboxylic acids is 2. The molecule has 0 radical (unpaired) electrons. The number of rotatable bonds is 5. The van der Waals surface area contributed by atoms with Gasteiger partial charge in [-0.1, -0.05) is 29.8 Å². The number of amides is 2. The zero-order chi connectivity index (χ0) is 16.7. The number of hydrogen-bond acceptors (Lipinski definition) is 3. The predicted molar refractivity (Wildman–Crippen MR) is 85.9 cm³/mol. The van der Waals surface area contributed by atoms with Crippen molar-refractivity contribution in [2.24, 2.45) is 5.10 Å². The molecule has 0 aliphatic rings. The molecule has 0 atom stereocenters. The van der Waals surface area contributed by atoms with Gasteiger partial charge in [0.2, 0.25) is 0 Å². The third-order valence-electron chi connectivity index (χ3n) is 2.77. The fraction of sp³-hybridized carbons (Fsp3) is 0.0625. The molecule has 0 unspecified atom stereocenters. The zero-order valence-electron chi connectivity index (χ0n) is 11.9. The van der Waals surface area contributed by atoms with Crippen LogP contribution in [0.1, 0.15) is 15.9 Å². The Balaban J connectivity index is 1.78. The minimum Gasteiger partial charge on any atom is -0.343 e. The lowest BCUT2D eigenvalue weighted by molar-refractivity contribution is -0.120. The monoisotopic (exact) mass is 333 g/mol. The van der Waals surface area contributed by atoms with Gasteiger partial charge in [0.1, 0.15) is 5.82 Å². The van der Waals surface area contributed by atoms with Gasteiger partial charge in [-0.15, -0.1) is 0 Å². The van der Waals surface area contributed by atoms with E-state index in [-0.39, 0.29) is 12.4 Å². The Morgan fingerprint density at radius 2 is 1.91 bits per heavy atom. The van der Waals surface area contributed by atoms with Crippen molar-refractivity contribution in [3.63, 3.8) is 0 Å². The van der Waals surface area contributed by atoms with E-state index >= 15 is 0 Å². The Morgan fingerprint density at radius 3 is 2.61 bits per heavy atom. The topological polar surface area (TPSA) is 70.6 Å². The van der Waals surface area contributed by atoms with Crippen molar-refractivity contribution in [2.45, 2.75) is 0 Å². The van der Waals surface area contributed by atoms with Gasteiger partial charge in [0.05, 0.1) is 12.8 Å². The molecule has 0 heterocycles. The molecule has 2 amide bonds. The van der Waals surface area contributed by atoms with E-state index in [1.165, 1.54) is 36.5 Å². The highest BCUT2D eigenvalue weighted by molar-refractivity contribution is 6.30. The van der Waals surface area contributed by atoms with Crippen LogP contribution in [0.25, 0.3) is 0 Å². The summed E-state index contributed by atoms with van der Waals surface area (Å²) in [4.78, 5) is 23.4. The van der Waals surface area contributed by atoms with Crippen LogP contribution >= 0.6 is 11.6 Å². The lowest BCUT2D eigenvalue weighted by Gasteiger charge is -2.04. The number of nitrogens with zero attached hydrogens (tertiary/aromatic N) is 1. The maximum atomic E-state index is 12.7. The van der Waals surface area contributed by atoms with Crippen LogP contribution in [-0.4, -0.2) is 24.6 Å². The molecule has 0 spiro atoms. The second-order valence-corrected chi connectivity index (χ2v) is 4.97. The average Bonchev–Trinajstić information content (AvgIpc) is 2.54. The van der Waals surface area contributed by atoms with Crippen LogP contribution in [0.4, 0.5) is 4.39 Å². The van der Waals surface area contributed by atoms with Crippen molar-refractivity contribution in [1.29, 1.82) is 0 Å². The first-order valence-electron chi connectivity index (χ1n) is 6.66. The quantitative estimate of drug-likeness (QED) is 0.651. The number of halogens is 2. The molecule has 0 aliphatic heterocycles. The molecule has 2 N–H and O–H groups in total. The van der Waals surface area contributed by atoms with Gasteiger partial charge in [0, 0.05) is 10.6 Å². The predicted octanol–water partition coefficient (Wildman–Crippen LogP) is 2.36. The molecule has 2 aromatic carbocycles. The fourth-order valence-electron chi connectivity index (χ4n) is 1.66. The van der Waals surface area contributed by atoms with Crippen LogP contribution in [0.3, 0.4) is 0 Å². The summed E-state index contributed by atoms with van der Waals surface area (Å²) in [5, 5.41) is 6.60. The first-order valence-corrected chi connectivity index (χ1v) is 7.03. The summed E-state index contributed by atoms with van der Waals surface area (Å²) < 4.78 is 12.7. The van der Waals surface area contributed by atoms with Gasteiger partial charge in [0.25, 0.3) is 11.8 Å². The highest BCUT2D eigenvalue weighted by Gasteiger charge is 2.07. The van der Waals surface area contributed by atoms with Gasteiger partial charge in [-0.05, 0) is 35.9 Å². The number of hydrazone groups is 1. The van der Waals surface area contributed by atoms with Gasteiger partial charge in [0.15, 0.2) is 0 Å². The molecular formula is C16H13ClFN3O2. The first kappa shape index (κ1) is 16.6. The van der Waals surface area contributed by atoms with Crippen LogP contribution in [0.2, 0.25) is 5.02 Å². The average molecular weight is 334 g/mol. The lowest BCUT2D eigenvalue weighted by atomic mass is 10.2. The van der Waals surface area contributed by atoms with Gasteiger partial charge >= 0.3 is 0 Å². The first-order chi connectivity index (χ1) is 11.0. The normalized spacial score (nSPS) is 10.5. The van der Waals surface area contributed by atoms with Crippen molar-refractivity contribution in [3.8, 4) is 0 Å². The summed E-state index contributed by atoms with van der Waals surface area (Å²) in [5.41, 5.74) is 3.26. The molecule has 0 fully saturated rings. The Bertz CT molecular complexity index is 732. The van der Waals surface area contributed by atoms with Crippen molar-refractivity contribution in [1.82, 2.24) is 10.7 Å². The molecular weight excluding hydrogens is 321 g/mol. The molecule has 0 saturated heterocycles. The van der Waals surface area contributed by atoms with Gasteiger partial charge in [-0.3, -0.25) is 9.59 Å². The maximum absolute atomic E-state index is 12.7. The van der Waals surface area contributed by atoms with E-state index in [1.807, 2.05) is 0 Å². The van der Waals surface area contributed by atoms with E-state index < -0.39 is 11.8 Å². The van der Waals surface area contributed by atoms with Crippen molar-refractivity contribution in [2.75, 3.05) is 6.54 Å². The maximum Gasteiger partial charge on any atom is 0.259 e. The molecule has 23 heavy (non-hydrogen) atoms. The van der Waals surface area contributed by atoms with Crippen molar-refractivity contribution < 1.29 is 14.0 Å². The lowest BCUT2D eigenvalue weighted by Crippen LogP contribution is -2.34. The Labute approximate surface area is 137 Å². The third-order valence-corrected chi connectivity index (χ3v) is 3.00. The molecule has 2 rings (SSSR count). The van der Waals surface area contributed by atoms with E-state index in [0.29, 0.717) is 16.1 Å². The number of benzene rings is 2. The molecule has 2 aromatic rings. The standard InChI is InChI=1S/C16H13ClFN3O2/c17-13-3-1-2-12(8-13)16(23)19-10-15(22)21-20-9-11-4-6-14(18)7-5-11/h1-9H,10H2,(H,19,23)(H,21,22)/b20-9+. The molecule has 5 nitrogen and oxygen atoms in total. The van der Waals surface area contributed by atoms with Crippen LogP contribution in [0.5, 0.6) is 0 Å². The van der Waals surface area contributed by atoms with E-state index in [4.69, 9.17) is 11.6 Å². The van der Waals surface area contributed by atoms with Crippen LogP contribution in [-0.2, 0) is 4.79 Å². The van der Waals surface area contributed by atoms with Gasteiger partial charge < -0.3 is 5.32 Å². The van der Waals surface area contributed by atoms with Gasteiger partial charge in [-0.25, -0.2) is 9.82 Å². The van der Waals surface area contributed by atoms with E-state index in [9.17, 15) is 14.0 Å². The van der Waals surface area contributed by atoms with Gasteiger partial charge in [-0.2, -0.15) is 5.10 Å². The summed E-state index contributed by atoms with van der Waals surface area (Å²) in [6, 6.07) is 12.0. The minimum atomic E-state index is -0.487. The smallest absolute Gasteiger partial charge is 0.259 e. The highest BCUT2D eigenvalue weighted by Crippen LogP contribution is 2.10. The molecule has 0 aliphatic carbocycles.